The van der Waals surface area contributed by atoms with Crippen LogP contribution in [0.5, 0.6) is 5.88 Å². The van der Waals surface area contributed by atoms with Crippen molar-refractivity contribution in [2.24, 2.45) is 0 Å². The Hall–Kier alpha value is -3.33. The van der Waals surface area contributed by atoms with E-state index < -0.39 is 32.0 Å². The Morgan fingerprint density at radius 2 is 1.98 bits per heavy atom. The number of anilines is 2. The van der Waals surface area contributed by atoms with Crippen LogP contribution >= 0.6 is 18.5 Å². The molecule has 3 aromatic rings. The number of nitrogens with one attached hydrogen (secondary N) is 2. The fourth-order valence-corrected chi connectivity index (χ4v) is 6.79. The quantitative estimate of drug-likeness (QED) is 0.190. The van der Waals surface area contributed by atoms with Gasteiger partial charge >= 0.3 is 6.18 Å². The van der Waals surface area contributed by atoms with E-state index in [1.54, 1.807) is 62.7 Å². The van der Waals surface area contributed by atoms with Gasteiger partial charge in [-0.3, -0.25) is 9.69 Å². The topological polar surface area (TPSA) is 86.8 Å². The maximum Gasteiger partial charge on any atom is 0.393 e. The highest BCUT2D eigenvalue weighted by Crippen LogP contribution is 2.40. The van der Waals surface area contributed by atoms with Crippen molar-refractivity contribution in [3.63, 3.8) is 0 Å². The van der Waals surface area contributed by atoms with Gasteiger partial charge in [-0.05, 0) is 48.9 Å². The molecule has 238 valence electrons. The van der Waals surface area contributed by atoms with Crippen LogP contribution in [-0.4, -0.2) is 99.8 Å². The first-order chi connectivity index (χ1) is 20.7. The van der Waals surface area contributed by atoms with Gasteiger partial charge in [0.1, 0.15) is 18.7 Å². The van der Waals surface area contributed by atoms with Crippen molar-refractivity contribution in [3.05, 3.63) is 40.8 Å². The molecule has 3 heterocycles. The number of carbonyl (C=O) groups excluding carboxylic acids is 1. The third kappa shape index (κ3) is 8.43. The summed E-state index contributed by atoms with van der Waals surface area (Å²) < 4.78 is 74.4. The van der Waals surface area contributed by atoms with Crippen LogP contribution in [0.1, 0.15) is 16.9 Å². The summed E-state index contributed by atoms with van der Waals surface area (Å²) in [5.41, 5.74) is 1.55. The Morgan fingerprint density at radius 3 is 2.61 bits per heavy atom. The van der Waals surface area contributed by atoms with E-state index in [9.17, 15) is 22.5 Å². The lowest BCUT2D eigenvalue weighted by atomic mass is 10.0. The van der Waals surface area contributed by atoms with E-state index in [-0.39, 0.29) is 41.9 Å². The van der Waals surface area contributed by atoms with E-state index in [1.807, 2.05) is 0 Å². The van der Waals surface area contributed by atoms with Crippen molar-refractivity contribution in [2.45, 2.75) is 31.2 Å². The highest BCUT2D eigenvalue weighted by molar-refractivity contribution is 7.69. The van der Waals surface area contributed by atoms with Crippen LogP contribution in [0, 0.1) is 11.8 Å². The van der Waals surface area contributed by atoms with Crippen molar-refractivity contribution >= 4 is 51.3 Å². The van der Waals surface area contributed by atoms with Gasteiger partial charge in [-0.25, -0.2) is 9.37 Å². The molecule has 0 aliphatic carbocycles. The number of ether oxygens (including phenoxy) is 1. The molecule has 2 N–H and O–H groups in total. The number of rotatable bonds is 9. The number of fused-ring (bicyclic) bond motifs is 1. The van der Waals surface area contributed by atoms with Crippen molar-refractivity contribution in [3.8, 4) is 17.7 Å². The minimum absolute atomic E-state index is 0.0766. The fourth-order valence-electron chi connectivity index (χ4n) is 4.85. The number of benzene rings is 1. The van der Waals surface area contributed by atoms with E-state index >= 15 is 4.39 Å². The molecule has 0 saturated carbocycles. The molecule has 1 fully saturated rings. The molecular formula is C30H36F4N5O3PS. The molecule has 1 aromatic carbocycles. The summed E-state index contributed by atoms with van der Waals surface area (Å²) in [6.45, 7) is 4.03. The number of halogens is 4. The van der Waals surface area contributed by atoms with Gasteiger partial charge in [0.2, 0.25) is 11.8 Å². The van der Waals surface area contributed by atoms with Crippen molar-refractivity contribution in [1.29, 1.82) is 0 Å². The molecule has 0 bridgehead atoms. The highest BCUT2D eigenvalue weighted by atomic mass is 32.1. The van der Waals surface area contributed by atoms with Gasteiger partial charge in [0.15, 0.2) is 0 Å². The molecule has 0 radical (unpaired) electrons. The molecule has 2 atom stereocenters. The van der Waals surface area contributed by atoms with Gasteiger partial charge in [-0.2, -0.15) is 13.2 Å². The minimum atomic E-state index is -4.45. The predicted molar refractivity (Wildman–Crippen MR) is 169 cm³/mol. The van der Waals surface area contributed by atoms with Gasteiger partial charge in [-0.15, -0.1) is 11.3 Å². The van der Waals surface area contributed by atoms with Gasteiger partial charge in [0.25, 0.3) is 0 Å². The number of alkyl halides is 4. The van der Waals surface area contributed by atoms with Gasteiger partial charge in [-0.1, -0.05) is 24.0 Å². The molecule has 4 rings (SSSR count). The van der Waals surface area contributed by atoms with Crippen molar-refractivity contribution < 1.29 is 31.7 Å². The molecule has 2 aromatic heterocycles. The molecule has 1 aliphatic heterocycles. The lowest BCUT2D eigenvalue weighted by Crippen LogP contribution is -2.50. The number of pyridine rings is 1. The average Bonchev–Trinajstić information content (AvgIpc) is 3.28. The Morgan fingerprint density at radius 1 is 1.23 bits per heavy atom. The number of thiophene rings is 1. The summed E-state index contributed by atoms with van der Waals surface area (Å²) in [7, 11) is 2.14. The van der Waals surface area contributed by atoms with Crippen LogP contribution in [0.4, 0.5) is 28.9 Å². The zero-order valence-corrected chi connectivity index (χ0v) is 26.9. The lowest BCUT2D eigenvalue weighted by molar-refractivity contribution is -0.130. The Kier molecular flexibility index (Phi) is 10.5. The van der Waals surface area contributed by atoms with Gasteiger partial charge in [0, 0.05) is 27.2 Å². The third-order valence-corrected chi connectivity index (χ3v) is 9.73. The Labute approximate surface area is 258 Å². The van der Waals surface area contributed by atoms with Crippen LogP contribution < -0.4 is 20.8 Å². The van der Waals surface area contributed by atoms with Crippen LogP contribution in [0.2, 0.25) is 0 Å². The number of methoxy groups -OCH3 is 1. The maximum atomic E-state index is 15.2. The van der Waals surface area contributed by atoms with E-state index in [2.05, 4.69) is 27.5 Å². The number of hydrogen-bond acceptors (Lipinski definition) is 8. The smallest absolute Gasteiger partial charge is 0.393 e. The number of piperidine rings is 1. The molecule has 8 nitrogen and oxygen atoms in total. The lowest BCUT2D eigenvalue weighted by Gasteiger charge is -2.35. The first kappa shape index (κ1) is 33.6. The summed E-state index contributed by atoms with van der Waals surface area (Å²) in [6.07, 6.45) is -6.43. The highest BCUT2D eigenvalue weighted by Gasteiger charge is 2.33. The minimum Gasteiger partial charge on any atom is -0.480 e. The number of carbonyl (C=O) groups is 1. The summed E-state index contributed by atoms with van der Waals surface area (Å²) in [5.74, 6) is 5.93. The molecular weight excluding hydrogens is 617 g/mol. The molecule has 0 spiro atoms. The van der Waals surface area contributed by atoms with Gasteiger partial charge in [0.05, 0.1) is 53.6 Å². The van der Waals surface area contributed by atoms with Crippen LogP contribution in [-0.2, 0) is 15.8 Å². The van der Waals surface area contributed by atoms with Crippen LogP contribution in [0.3, 0.4) is 0 Å². The first-order valence-corrected chi connectivity index (χ1v) is 17.4. The average molecular weight is 654 g/mol. The second-order valence-electron chi connectivity index (χ2n) is 11.2. The number of likely N-dealkylation sites (tertiary alicyclic amines) is 1. The summed E-state index contributed by atoms with van der Waals surface area (Å²) in [4.78, 5) is 19.9. The Balaban J connectivity index is 1.55. The molecule has 44 heavy (non-hydrogen) atoms. The number of nitrogens with zero attached hydrogens (tertiary/aromatic N) is 3. The van der Waals surface area contributed by atoms with Crippen LogP contribution in [0.25, 0.3) is 10.1 Å². The second kappa shape index (κ2) is 13.8. The SMILES string of the molecule is COc1nc(P(C)(C)=O)ccc1NCC#Cc1sc2c(N[C@@H]3CCN(CC(=O)N(C)C)C[C@@H]3F)cccc2c1CC(F)(F)F. The standard InChI is InChI=1S/C30H36F4N5O3PS/c1-38(2)27(40)18-39-15-13-22(21(31)17-39)36-23-9-6-8-19-20(16-30(32,33)34)25(44-28(19)23)10-7-14-35-24-11-12-26(43(4,5)41)37-29(24)42-3/h6,8-9,11-12,21-22,35-36H,13-18H2,1-5H3/t21-,22+/m0/s1. The zero-order chi connectivity index (χ0) is 32.2. The maximum absolute atomic E-state index is 15.2. The largest absolute Gasteiger partial charge is 0.480 e. The molecule has 1 saturated heterocycles. The van der Waals surface area contributed by atoms with Gasteiger partial charge < -0.3 is 24.8 Å². The predicted octanol–water partition coefficient (Wildman–Crippen LogP) is 5.03. The van der Waals surface area contributed by atoms with E-state index in [1.165, 1.54) is 12.0 Å². The molecule has 0 unspecified atom stereocenters. The monoisotopic (exact) mass is 653 g/mol. The summed E-state index contributed by atoms with van der Waals surface area (Å²) in [6, 6.07) is 7.78. The van der Waals surface area contributed by atoms with E-state index in [0.29, 0.717) is 39.9 Å². The molecule has 1 aliphatic rings. The number of likely N-dealkylation sites (N-methyl/N-ethyl adjacent to an activating group) is 1. The zero-order valence-electron chi connectivity index (χ0n) is 25.2. The Bertz CT molecular complexity index is 1610. The first-order valence-electron chi connectivity index (χ1n) is 13.9. The van der Waals surface area contributed by atoms with E-state index in [0.717, 1.165) is 11.3 Å². The second-order valence-corrected chi connectivity index (χ2v) is 15.4. The molecule has 1 amide bonds. The number of amides is 1. The van der Waals surface area contributed by atoms with Crippen molar-refractivity contribution in [2.75, 3.05) is 71.3 Å². The summed E-state index contributed by atoms with van der Waals surface area (Å²) >= 11 is 1.14. The third-order valence-electron chi connectivity index (χ3n) is 7.18. The number of aromatic nitrogens is 1. The number of hydrogen-bond donors (Lipinski definition) is 2. The normalized spacial score (nSPS) is 17.6. The summed E-state index contributed by atoms with van der Waals surface area (Å²) in [5, 5.41) is 6.70. The molecule has 14 heteroatoms. The fraction of sp³-hybridized carbons (Fsp3) is 0.467. The van der Waals surface area contributed by atoms with E-state index in [4.69, 9.17) is 4.74 Å². The van der Waals surface area contributed by atoms with Crippen LogP contribution in [0.15, 0.2) is 30.3 Å². The van der Waals surface area contributed by atoms with Crippen molar-refractivity contribution in [1.82, 2.24) is 14.8 Å².